The van der Waals surface area contributed by atoms with Crippen molar-refractivity contribution >= 4 is 17.7 Å². The summed E-state index contributed by atoms with van der Waals surface area (Å²) >= 11 is 0. The number of ketones is 1. The molecule has 0 unspecified atom stereocenters. The highest BCUT2D eigenvalue weighted by Gasteiger charge is 2.01. The molecule has 0 saturated heterocycles. The van der Waals surface area contributed by atoms with Gasteiger partial charge in [0.1, 0.15) is 0 Å². The maximum absolute atomic E-state index is 11.2. The van der Waals surface area contributed by atoms with Crippen LogP contribution in [0.25, 0.3) is 0 Å². The van der Waals surface area contributed by atoms with Gasteiger partial charge in [0.25, 0.3) is 0 Å². The fourth-order valence-electron chi connectivity index (χ4n) is 0.906. The Balaban J connectivity index is 3.74. The number of nitrogens with two attached hydrogens (primary N) is 1. The quantitative estimate of drug-likeness (QED) is 0.388. The number of allylic oxidation sites excluding steroid dienone is 3. The lowest BCUT2D eigenvalue weighted by Crippen LogP contribution is -2.05. The minimum Gasteiger partial charge on any atom is -0.469 e. The Kier molecular flexibility index (Phi) is 7.40. The first-order valence-electron chi connectivity index (χ1n) is 4.80. The molecule has 0 aromatic rings. The van der Waals surface area contributed by atoms with Gasteiger partial charge in [-0.05, 0) is 12.5 Å². The Morgan fingerprint density at radius 1 is 1.12 bits per heavy atom. The second-order valence-corrected chi connectivity index (χ2v) is 3.02. The SMILES string of the molecule is COC(=O)CCCC(=O)/C=C/C=C/C(N)=O. The number of esters is 1. The van der Waals surface area contributed by atoms with Crippen LogP contribution in [0, 0.1) is 0 Å². The summed E-state index contributed by atoms with van der Waals surface area (Å²) in [7, 11) is 1.30. The van der Waals surface area contributed by atoms with Crippen LogP contribution < -0.4 is 5.73 Å². The van der Waals surface area contributed by atoms with Crippen molar-refractivity contribution in [2.24, 2.45) is 5.73 Å². The second-order valence-electron chi connectivity index (χ2n) is 3.02. The van der Waals surface area contributed by atoms with Gasteiger partial charge in [0.15, 0.2) is 5.78 Å². The molecule has 0 rings (SSSR count). The Morgan fingerprint density at radius 2 is 1.75 bits per heavy atom. The molecule has 1 amide bonds. The van der Waals surface area contributed by atoms with Crippen LogP contribution in [0.3, 0.4) is 0 Å². The summed E-state index contributed by atoms with van der Waals surface area (Å²) in [5, 5.41) is 0. The second kappa shape index (κ2) is 8.40. The minimum atomic E-state index is -0.567. The Bertz CT molecular complexity index is 318. The molecule has 0 saturated carbocycles. The van der Waals surface area contributed by atoms with Crippen LogP contribution in [0.5, 0.6) is 0 Å². The van der Waals surface area contributed by atoms with E-state index in [-0.39, 0.29) is 24.6 Å². The van der Waals surface area contributed by atoms with Crippen molar-refractivity contribution < 1.29 is 19.1 Å². The lowest BCUT2D eigenvalue weighted by atomic mass is 10.1. The van der Waals surface area contributed by atoms with Crippen LogP contribution in [0.1, 0.15) is 19.3 Å². The number of carbonyl (C=O) groups excluding carboxylic acids is 3. The van der Waals surface area contributed by atoms with Gasteiger partial charge in [-0.25, -0.2) is 0 Å². The third kappa shape index (κ3) is 8.68. The van der Waals surface area contributed by atoms with E-state index < -0.39 is 5.91 Å². The monoisotopic (exact) mass is 225 g/mol. The van der Waals surface area contributed by atoms with Crippen LogP contribution in [0.4, 0.5) is 0 Å². The van der Waals surface area contributed by atoms with E-state index in [1.807, 2.05) is 0 Å². The smallest absolute Gasteiger partial charge is 0.305 e. The molecule has 0 heterocycles. The first-order chi connectivity index (χ1) is 7.56. The van der Waals surface area contributed by atoms with Gasteiger partial charge in [-0.15, -0.1) is 0 Å². The summed E-state index contributed by atoms with van der Waals surface area (Å²) in [6, 6.07) is 0. The van der Waals surface area contributed by atoms with Crippen molar-refractivity contribution in [2.45, 2.75) is 19.3 Å². The Labute approximate surface area is 93.9 Å². The number of amides is 1. The van der Waals surface area contributed by atoms with Crippen molar-refractivity contribution in [3.05, 3.63) is 24.3 Å². The van der Waals surface area contributed by atoms with Crippen molar-refractivity contribution in [2.75, 3.05) is 7.11 Å². The third-order valence-corrected chi connectivity index (χ3v) is 1.69. The molecule has 0 aliphatic rings. The van der Waals surface area contributed by atoms with E-state index in [4.69, 9.17) is 5.73 Å². The molecule has 5 nitrogen and oxygen atoms in total. The number of primary amides is 1. The molecule has 0 bridgehead atoms. The molecule has 0 aliphatic heterocycles. The zero-order valence-corrected chi connectivity index (χ0v) is 9.14. The minimum absolute atomic E-state index is 0.113. The van der Waals surface area contributed by atoms with E-state index in [1.54, 1.807) is 0 Å². The molecule has 88 valence electrons. The van der Waals surface area contributed by atoms with Gasteiger partial charge in [0.05, 0.1) is 7.11 Å². The molecule has 0 aromatic heterocycles. The third-order valence-electron chi connectivity index (χ3n) is 1.69. The first-order valence-corrected chi connectivity index (χ1v) is 4.80. The normalized spacial score (nSPS) is 10.8. The standard InChI is InChI=1S/C11H15NO4/c1-16-11(15)8-4-6-9(13)5-2-3-7-10(12)14/h2-3,5,7H,4,6,8H2,1H3,(H2,12,14)/b5-2+,7-3+. The molecule has 16 heavy (non-hydrogen) atoms. The van der Waals surface area contributed by atoms with Gasteiger partial charge in [-0.1, -0.05) is 12.2 Å². The molecule has 0 aliphatic carbocycles. The van der Waals surface area contributed by atoms with Crippen LogP contribution in [0.2, 0.25) is 0 Å². The van der Waals surface area contributed by atoms with Crippen molar-refractivity contribution in [3.63, 3.8) is 0 Å². The topological polar surface area (TPSA) is 86.5 Å². The van der Waals surface area contributed by atoms with Gasteiger partial charge in [-0.2, -0.15) is 0 Å². The van der Waals surface area contributed by atoms with Crippen LogP contribution in [-0.4, -0.2) is 24.8 Å². The molecule has 0 radical (unpaired) electrons. The summed E-state index contributed by atoms with van der Waals surface area (Å²) in [5.41, 5.74) is 4.84. The molecule has 0 aromatic carbocycles. The first kappa shape index (κ1) is 14.1. The lowest BCUT2D eigenvalue weighted by Gasteiger charge is -1.96. The largest absolute Gasteiger partial charge is 0.469 e. The summed E-state index contributed by atoms with van der Waals surface area (Å²) in [6.45, 7) is 0. The Hall–Kier alpha value is -1.91. The number of methoxy groups -OCH3 is 1. The molecule has 0 fully saturated rings. The highest BCUT2D eigenvalue weighted by molar-refractivity contribution is 5.90. The predicted molar refractivity (Wildman–Crippen MR) is 58.3 cm³/mol. The molecular formula is C11H15NO4. The molecule has 0 spiro atoms. The van der Waals surface area contributed by atoms with E-state index in [9.17, 15) is 14.4 Å². The van der Waals surface area contributed by atoms with Crippen molar-refractivity contribution in [3.8, 4) is 0 Å². The van der Waals surface area contributed by atoms with Gasteiger partial charge < -0.3 is 10.5 Å². The molecule has 2 N–H and O–H groups in total. The van der Waals surface area contributed by atoms with Gasteiger partial charge >= 0.3 is 5.97 Å². The zero-order chi connectivity index (χ0) is 12.4. The average Bonchev–Trinajstić information content (AvgIpc) is 2.24. The van der Waals surface area contributed by atoms with E-state index in [1.165, 1.54) is 25.3 Å². The van der Waals surface area contributed by atoms with Gasteiger partial charge in [0.2, 0.25) is 5.91 Å². The maximum atomic E-state index is 11.2. The number of hydrogen-bond acceptors (Lipinski definition) is 4. The Morgan fingerprint density at radius 3 is 2.31 bits per heavy atom. The lowest BCUT2D eigenvalue weighted by molar-refractivity contribution is -0.140. The van der Waals surface area contributed by atoms with Crippen LogP contribution >= 0.6 is 0 Å². The fourth-order valence-corrected chi connectivity index (χ4v) is 0.906. The summed E-state index contributed by atoms with van der Waals surface area (Å²) in [5.74, 6) is -1.01. The highest BCUT2D eigenvalue weighted by Crippen LogP contribution is 1.99. The van der Waals surface area contributed by atoms with E-state index in [0.717, 1.165) is 6.08 Å². The number of ether oxygens (including phenoxy) is 1. The van der Waals surface area contributed by atoms with Gasteiger partial charge in [0, 0.05) is 18.9 Å². The number of rotatable bonds is 7. The van der Waals surface area contributed by atoms with Crippen LogP contribution in [-0.2, 0) is 19.1 Å². The van der Waals surface area contributed by atoms with Crippen molar-refractivity contribution in [1.29, 1.82) is 0 Å². The summed E-state index contributed by atoms with van der Waals surface area (Å²) < 4.78 is 4.43. The maximum Gasteiger partial charge on any atom is 0.305 e. The van der Waals surface area contributed by atoms with Crippen molar-refractivity contribution in [1.82, 2.24) is 0 Å². The van der Waals surface area contributed by atoms with E-state index in [2.05, 4.69) is 4.74 Å². The zero-order valence-electron chi connectivity index (χ0n) is 9.14. The predicted octanol–water partition coefficient (Wildman–Crippen LogP) is 0.497. The van der Waals surface area contributed by atoms with Gasteiger partial charge in [-0.3, -0.25) is 14.4 Å². The molecule has 5 heteroatoms. The molecule has 0 atom stereocenters. The van der Waals surface area contributed by atoms with E-state index >= 15 is 0 Å². The average molecular weight is 225 g/mol. The number of hydrogen-bond donors (Lipinski definition) is 1. The highest BCUT2D eigenvalue weighted by atomic mass is 16.5. The fraction of sp³-hybridized carbons (Fsp3) is 0.364. The van der Waals surface area contributed by atoms with E-state index in [0.29, 0.717) is 6.42 Å². The molecular weight excluding hydrogens is 210 g/mol. The summed E-state index contributed by atoms with van der Waals surface area (Å²) in [6.07, 6.45) is 6.26. The van der Waals surface area contributed by atoms with Crippen LogP contribution in [0.15, 0.2) is 24.3 Å². The summed E-state index contributed by atoms with van der Waals surface area (Å²) in [4.78, 5) is 32.2. The number of carbonyl (C=O) groups is 3.